The first kappa shape index (κ1) is 8.44. The smallest absolute Gasteiger partial charge is 0.181 e. The highest BCUT2D eigenvalue weighted by Gasteiger charge is 2.47. The van der Waals surface area contributed by atoms with Crippen molar-refractivity contribution in [3.63, 3.8) is 0 Å². The van der Waals surface area contributed by atoms with Gasteiger partial charge >= 0.3 is 0 Å². The minimum absolute atomic E-state index is 0.0575. The number of fused-ring (bicyclic) bond motifs is 1. The van der Waals surface area contributed by atoms with E-state index in [9.17, 15) is 0 Å². The SMILES string of the molecule is NC1c2ocnc2CC12CCNCC2. The summed E-state index contributed by atoms with van der Waals surface area (Å²) in [5.74, 6) is 0.923. The fraction of sp³-hybridized carbons (Fsp3) is 0.700. The summed E-state index contributed by atoms with van der Waals surface area (Å²) in [4.78, 5) is 4.23. The van der Waals surface area contributed by atoms with E-state index >= 15 is 0 Å². The molecule has 2 heterocycles. The van der Waals surface area contributed by atoms with Gasteiger partial charge in [-0.3, -0.25) is 0 Å². The first-order valence-corrected chi connectivity index (χ1v) is 5.20. The van der Waals surface area contributed by atoms with Crippen molar-refractivity contribution < 1.29 is 4.42 Å². The third-order valence-electron chi connectivity index (χ3n) is 3.73. The zero-order chi connectivity index (χ0) is 9.60. The van der Waals surface area contributed by atoms with E-state index in [1.54, 1.807) is 0 Å². The number of oxazole rings is 1. The molecule has 14 heavy (non-hydrogen) atoms. The topological polar surface area (TPSA) is 64.1 Å². The van der Waals surface area contributed by atoms with Crippen LogP contribution in [-0.2, 0) is 6.42 Å². The summed E-state index contributed by atoms with van der Waals surface area (Å²) in [7, 11) is 0. The molecule has 4 heteroatoms. The van der Waals surface area contributed by atoms with Crippen LogP contribution >= 0.6 is 0 Å². The highest BCUT2D eigenvalue weighted by atomic mass is 16.3. The summed E-state index contributed by atoms with van der Waals surface area (Å²) in [6, 6.07) is 0.0575. The first-order valence-electron chi connectivity index (χ1n) is 5.20. The molecule has 1 aromatic rings. The zero-order valence-corrected chi connectivity index (χ0v) is 8.12. The minimum atomic E-state index is 0.0575. The molecule has 1 aromatic heterocycles. The molecule has 0 bridgehead atoms. The van der Waals surface area contributed by atoms with E-state index in [-0.39, 0.29) is 11.5 Å². The molecular weight excluding hydrogens is 178 g/mol. The molecule has 3 N–H and O–H groups in total. The summed E-state index contributed by atoms with van der Waals surface area (Å²) >= 11 is 0. The second-order valence-corrected chi connectivity index (χ2v) is 4.43. The van der Waals surface area contributed by atoms with Gasteiger partial charge in [0.15, 0.2) is 6.39 Å². The molecule has 1 aliphatic heterocycles. The lowest BCUT2D eigenvalue weighted by molar-refractivity contribution is 0.161. The van der Waals surface area contributed by atoms with Crippen molar-refractivity contribution in [2.75, 3.05) is 13.1 Å². The Balaban J connectivity index is 1.94. The number of hydrogen-bond donors (Lipinski definition) is 2. The van der Waals surface area contributed by atoms with Gasteiger partial charge in [0.05, 0.1) is 11.7 Å². The molecule has 1 unspecified atom stereocenters. The number of piperidine rings is 1. The maximum Gasteiger partial charge on any atom is 0.181 e. The summed E-state index contributed by atoms with van der Waals surface area (Å²) in [5, 5.41) is 3.37. The Kier molecular flexibility index (Phi) is 1.69. The van der Waals surface area contributed by atoms with E-state index in [0.29, 0.717) is 0 Å². The molecule has 1 atom stereocenters. The Labute approximate surface area is 82.9 Å². The predicted octanol–water partition coefficient (Wildman–Crippen LogP) is 0.600. The lowest BCUT2D eigenvalue weighted by Crippen LogP contribution is -2.42. The standard InChI is InChI=1S/C10H15N3O/c11-9-8-7(13-6-14-8)5-10(9)1-3-12-4-2-10/h6,9,12H,1-5,11H2. The van der Waals surface area contributed by atoms with Gasteiger partial charge in [-0.15, -0.1) is 0 Å². The van der Waals surface area contributed by atoms with Crippen LogP contribution in [0.15, 0.2) is 10.8 Å². The van der Waals surface area contributed by atoms with Crippen LogP contribution < -0.4 is 11.1 Å². The van der Waals surface area contributed by atoms with Gasteiger partial charge in [0.1, 0.15) is 5.76 Å². The van der Waals surface area contributed by atoms with Crippen LogP contribution in [0.25, 0.3) is 0 Å². The average Bonchev–Trinajstić information content (AvgIpc) is 2.73. The van der Waals surface area contributed by atoms with Gasteiger partial charge in [0.25, 0.3) is 0 Å². The van der Waals surface area contributed by atoms with Gasteiger partial charge in [0, 0.05) is 11.8 Å². The Morgan fingerprint density at radius 2 is 2.29 bits per heavy atom. The predicted molar refractivity (Wildman–Crippen MR) is 51.7 cm³/mol. The Morgan fingerprint density at radius 1 is 1.50 bits per heavy atom. The van der Waals surface area contributed by atoms with E-state index in [4.69, 9.17) is 10.2 Å². The maximum absolute atomic E-state index is 6.24. The summed E-state index contributed by atoms with van der Waals surface area (Å²) in [6.45, 7) is 2.13. The highest BCUT2D eigenvalue weighted by Crippen LogP contribution is 2.49. The fourth-order valence-electron chi connectivity index (χ4n) is 2.80. The lowest BCUT2D eigenvalue weighted by Gasteiger charge is -2.36. The molecule has 0 amide bonds. The number of aromatic nitrogens is 1. The number of nitrogens with zero attached hydrogens (tertiary/aromatic N) is 1. The zero-order valence-electron chi connectivity index (χ0n) is 8.12. The number of hydrogen-bond acceptors (Lipinski definition) is 4. The van der Waals surface area contributed by atoms with Crippen LogP contribution in [0.4, 0.5) is 0 Å². The molecule has 2 aliphatic rings. The molecule has 1 fully saturated rings. The van der Waals surface area contributed by atoms with Gasteiger partial charge in [0.2, 0.25) is 0 Å². The second-order valence-electron chi connectivity index (χ2n) is 4.43. The normalized spacial score (nSPS) is 29.4. The van der Waals surface area contributed by atoms with E-state index in [1.165, 1.54) is 6.39 Å². The summed E-state index contributed by atoms with van der Waals surface area (Å²) in [6.07, 6.45) is 4.79. The Morgan fingerprint density at radius 3 is 3.00 bits per heavy atom. The Hall–Kier alpha value is -0.870. The van der Waals surface area contributed by atoms with Crippen molar-refractivity contribution in [2.45, 2.75) is 25.3 Å². The number of rotatable bonds is 0. The van der Waals surface area contributed by atoms with Crippen molar-refractivity contribution in [2.24, 2.45) is 11.1 Å². The van der Waals surface area contributed by atoms with Gasteiger partial charge < -0.3 is 15.5 Å². The maximum atomic E-state index is 6.24. The van der Waals surface area contributed by atoms with E-state index < -0.39 is 0 Å². The summed E-state index contributed by atoms with van der Waals surface area (Å²) < 4.78 is 5.36. The molecule has 76 valence electrons. The average molecular weight is 193 g/mol. The van der Waals surface area contributed by atoms with Crippen molar-refractivity contribution in [1.82, 2.24) is 10.3 Å². The molecule has 0 aromatic carbocycles. The molecular formula is C10H15N3O. The second kappa shape index (κ2) is 2.81. The van der Waals surface area contributed by atoms with Crippen LogP contribution in [0.2, 0.25) is 0 Å². The highest BCUT2D eigenvalue weighted by molar-refractivity contribution is 5.25. The third kappa shape index (κ3) is 0.980. The molecule has 1 spiro atoms. The molecule has 4 nitrogen and oxygen atoms in total. The quantitative estimate of drug-likeness (QED) is 0.633. The van der Waals surface area contributed by atoms with E-state index in [0.717, 1.165) is 43.8 Å². The van der Waals surface area contributed by atoms with Gasteiger partial charge in [-0.2, -0.15) is 0 Å². The van der Waals surface area contributed by atoms with Crippen LogP contribution in [0, 0.1) is 5.41 Å². The van der Waals surface area contributed by atoms with Crippen molar-refractivity contribution in [1.29, 1.82) is 0 Å². The van der Waals surface area contributed by atoms with E-state index in [2.05, 4.69) is 10.3 Å². The summed E-state index contributed by atoms with van der Waals surface area (Å²) in [5.41, 5.74) is 7.55. The monoisotopic (exact) mass is 193 g/mol. The largest absolute Gasteiger partial charge is 0.447 e. The van der Waals surface area contributed by atoms with Gasteiger partial charge in [-0.25, -0.2) is 4.98 Å². The van der Waals surface area contributed by atoms with Crippen molar-refractivity contribution in [3.8, 4) is 0 Å². The van der Waals surface area contributed by atoms with Gasteiger partial charge in [-0.05, 0) is 25.9 Å². The molecule has 3 rings (SSSR count). The van der Waals surface area contributed by atoms with E-state index in [1.807, 2.05) is 0 Å². The number of nitrogens with one attached hydrogen (secondary N) is 1. The molecule has 0 radical (unpaired) electrons. The van der Waals surface area contributed by atoms with Gasteiger partial charge in [-0.1, -0.05) is 0 Å². The van der Waals surface area contributed by atoms with Crippen molar-refractivity contribution >= 4 is 0 Å². The van der Waals surface area contributed by atoms with Crippen LogP contribution in [0.1, 0.15) is 30.3 Å². The minimum Gasteiger partial charge on any atom is -0.447 e. The lowest BCUT2D eigenvalue weighted by atomic mass is 9.74. The van der Waals surface area contributed by atoms with Crippen LogP contribution in [0.5, 0.6) is 0 Å². The van der Waals surface area contributed by atoms with Crippen LogP contribution in [-0.4, -0.2) is 18.1 Å². The number of nitrogens with two attached hydrogens (primary N) is 1. The van der Waals surface area contributed by atoms with Crippen molar-refractivity contribution in [3.05, 3.63) is 17.8 Å². The Bertz CT molecular complexity index is 341. The first-order chi connectivity index (χ1) is 6.82. The molecule has 0 saturated carbocycles. The fourth-order valence-corrected chi connectivity index (χ4v) is 2.80. The molecule has 1 aliphatic carbocycles. The third-order valence-corrected chi connectivity index (χ3v) is 3.73. The van der Waals surface area contributed by atoms with Crippen LogP contribution in [0.3, 0.4) is 0 Å². The molecule has 1 saturated heterocycles.